The van der Waals surface area contributed by atoms with Crippen LogP contribution < -0.4 is 0 Å². The van der Waals surface area contributed by atoms with Crippen molar-refractivity contribution < 1.29 is 19.7 Å². The van der Waals surface area contributed by atoms with E-state index >= 15 is 0 Å². The first-order valence-corrected chi connectivity index (χ1v) is 7.41. The number of carboxylic acid groups (broad SMARTS) is 1. The molecule has 2 N–H and O–H groups in total. The lowest BCUT2D eigenvalue weighted by Gasteiger charge is -2.29. The van der Waals surface area contributed by atoms with Gasteiger partial charge in [0.15, 0.2) is 0 Å². The number of aliphatic carboxylic acids is 1. The Hall–Kier alpha value is -1.01. The summed E-state index contributed by atoms with van der Waals surface area (Å²) in [6.45, 7) is 3.49. The van der Waals surface area contributed by atoms with Crippen LogP contribution in [0.3, 0.4) is 0 Å². The molecule has 1 aliphatic rings. The summed E-state index contributed by atoms with van der Waals surface area (Å²) in [6, 6.07) is 2.87. The summed E-state index contributed by atoms with van der Waals surface area (Å²) in [6.07, 6.45) is 0. The molecule has 1 heterocycles. The second-order valence-corrected chi connectivity index (χ2v) is 5.85. The normalized spacial score (nSPS) is 21.9. The Kier molecular flexibility index (Phi) is 5.32. The first kappa shape index (κ1) is 16.4. The highest BCUT2D eigenvalue weighted by Crippen LogP contribution is 2.33. The van der Waals surface area contributed by atoms with Gasteiger partial charge < -0.3 is 14.9 Å². The number of halogens is 2. The van der Waals surface area contributed by atoms with Gasteiger partial charge >= 0.3 is 5.97 Å². The van der Waals surface area contributed by atoms with Gasteiger partial charge in [0.05, 0.1) is 24.2 Å². The molecular weight excluding hydrogens is 317 g/mol. The monoisotopic (exact) mass is 333 g/mol. The van der Waals surface area contributed by atoms with E-state index in [1.165, 1.54) is 6.07 Å². The van der Waals surface area contributed by atoms with Gasteiger partial charge in [-0.25, -0.2) is 0 Å². The first-order valence-electron chi connectivity index (χ1n) is 6.65. The van der Waals surface area contributed by atoms with Crippen molar-refractivity contribution in [2.24, 2.45) is 5.92 Å². The van der Waals surface area contributed by atoms with Crippen LogP contribution in [0.1, 0.15) is 12.5 Å². The largest absolute Gasteiger partial charge is 0.506 e. The van der Waals surface area contributed by atoms with Gasteiger partial charge in [0.25, 0.3) is 0 Å². The minimum Gasteiger partial charge on any atom is -0.506 e. The Balaban J connectivity index is 2.21. The van der Waals surface area contributed by atoms with Crippen LogP contribution in [0, 0.1) is 5.92 Å². The van der Waals surface area contributed by atoms with E-state index in [0.717, 1.165) is 0 Å². The van der Waals surface area contributed by atoms with Crippen LogP contribution in [0.4, 0.5) is 0 Å². The van der Waals surface area contributed by atoms with Crippen LogP contribution in [-0.4, -0.2) is 46.9 Å². The van der Waals surface area contributed by atoms with Crippen LogP contribution in [0.25, 0.3) is 0 Å². The Morgan fingerprint density at radius 1 is 1.43 bits per heavy atom. The van der Waals surface area contributed by atoms with Crippen LogP contribution in [0.2, 0.25) is 10.0 Å². The van der Waals surface area contributed by atoms with Gasteiger partial charge in [0.1, 0.15) is 5.75 Å². The predicted molar refractivity (Wildman–Crippen MR) is 79.9 cm³/mol. The highest BCUT2D eigenvalue weighted by atomic mass is 35.5. The summed E-state index contributed by atoms with van der Waals surface area (Å²) < 4.78 is 5.29. The summed E-state index contributed by atoms with van der Waals surface area (Å²) >= 11 is 11.9. The third-order valence-electron chi connectivity index (χ3n) is 3.72. The Labute approximate surface area is 133 Å². The summed E-state index contributed by atoms with van der Waals surface area (Å²) in [4.78, 5) is 13.2. The lowest BCUT2D eigenvalue weighted by molar-refractivity contribution is -0.143. The lowest BCUT2D eigenvalue weighted by atomic mass is 10.0. The molecule has 2 rings (SSSR count). The van der Waals surface area contributed by atoms with Crippen molar-refractivity contribution >= 4 is 29.2 Å². The molecule has 0 aromatic heterocycles. The molecule has 7 heteroatoms. The first-order chi connectivity index (χ1) is 9.93. The number of nitrogens with zero attached hydrogens (tertiary/aromatic N) is 1. The molecule has 2 unspecified atom stereocenters. The fourth-order valence-electron chi connectivity index (χ4n) is 2.56. The van der Waals surface area contributed by atoms with E-state index in [4.69, 9.17) is 27.9 Å². The zero-order valence-electron chi connectivity index (χ0n) is 11.6. The topological polar surface area (TPSA) is 70.0 Å². The molecule has 1 fully saturated rings. The molecule has 1 aromatic rings. The number of phenols is 1. The number of likely N-dealkylation sites (N-methyl/N-ethyl adjacent to an activating group) is 1. The Morgan fingerprint density at radius 2 is 2.14 bits per heavy atom. The van der Waals surface area contributed by atoms with Crippen LogP contribution in [0.5, 0.6) is 5.75 Å². The van der Waals surface area contributed by atoms with E-state index in [2.05, 4.69) is 0 Å². The number of aromatic hydroxyl groups is 1. The van der Waals surface area contributed by atoms with Crippen molar-refractivity contribution in [3.05, 3.63) is 27.7 Å². The smallest absolute Gasteiger partial charge is 0.310 e. The number of phenolic OH excluding ortho intramolecular Hbond substituents is 1. The molecule has 0 spiro atoms. The number of hydrogen-bond acceptors (Lipinski definition) is 4. The minimum absolute atomic E-state index is 0.0229. The fourth-order valence-corrected chi connectivity index (χ4v) is 3.10. The molecule has 2 atom stereocenters. The average molecular weight is 334 g/mol. The standard InChI is InChI=1S/C14H17Cl2NO4/c1-2-17(12-7-21-6-10(12)14(19)20)5-8-3-9(15)4-11(16)13(8)18/h3-4,10,12,18H,2,5-7H2,1H3,(H,19,20). The molecule has 0 aliphatic carbocycles. The molecule has 0 saturated carbocycles. The maximum Gasteiger partial charge on any atom is 0.310 e. The molecule has 0 amide bonds. The van der Waals surface area contributed by atoms with E-state index in [1.54, 1.807) is 6.07 Å². The van der Waals surface area contributed by atoms with E-state index in [9.17, 15) is 15.0 Å². The van der Waals surface area contributed by atoms with E-state index in [1.807, 2.05) is 11.8 Å². The van der Waals surface area contributed by atoms with Crippen molar-refractivity contribution in [1.29, 1.82) is 0 Å². The maximum atomic E-state index is 11.3. The summed E-state index contributed by atoms with van der Waals surface area (Å²) in [7, 11) is 0. The zero-order valence-corrected chi connectivity index (χ0v) is 13.1. The van der Waals surface area contributed by atoms with Crippen molar-refractivity contribution in [2.75, 3.05) is 19.8 Å². The Morgan fingerprint density at radius 3 is 2.76 bits per heavy atom. The van der Waals surface area contributed by atoms with Gasteiger partial charge in [0.2, 0.25) is 0 Å². The number of ether oxygens (including phenoxy) is 1. The van der Waals surface area contributed by atoms with Gasteiger partial charge in [-0.3, -0.25) is 9.69 Å². The number of carboxylic acids is 1. The molecule has 0 radical (unpaired) electrons. The lowest BCUT2D eigenvalue weighted by Crippen LogP contribution is -2.42. The number of benzene rings is 1. The third kappa shape index (κ3) is 3.61. The zero-order chi connectivity index (χ0) is 15.6. The van der Waals surface area contributed by atoms with Gasteiger partial charge in [0, 0.05) is 23.2 Å². The van der Waals surface area contributed by atoms with Crippen molar-refractivity contribution in [2.45, 2.75) is 19.5 Å². The maximum absolute atomic E-state index is 11.3. The van der Waals surface area contributed by atoms with Crippen molar-refractivity contribution in [3.63, 3.8) is 0 Å². The summed E-state index contributed by atoms with van der Waals surface area (Å²) in [5.74, 6) is -1.46. The van der Waals surface area contributed by atoms with Crippen LogP contribution >= 0.6 is 23.2 Å². The highest BCUT2D eigenvalue weighted by Gasteiger charge is 2.37. The molecule has 116 valence electrons. The van der Waals surface area contributed by atoms with E-state index < -0.39 is 11.9 Å². The van der Waals surface area contributed by atoms with Crippen molar-refractivity contribution in [1.82, 2.24) is 4.90 Å². The molecule has 21 heavy (non-hydrogen) atoms. The second kappa shape index (κ2) is 6.83. The van der Waals surface area contributed by atoms with Gasteiger partial charge in [-0.1, -0.05) is 30.1 Å². The third-order valence-corrected chi connectivity index (χ3v) is 4.23. The second-order valence-electron chi connectivity index (χ2n) is 5.01. The predicted octanol–water partition coefficient (Wildman–Crippen LogP) is 2.62. The SMILES string of the molecule is CCN(Cc1cc(Cl)cc(Cl)c1O)C1COCC1C(=O)O. The van der Waals surface area contributed by atoms with Crippen LogP contribution in [0.15, 0.2) is 12.1 Å². The molecule has 1 aromatic carbocycles. The van der Waals surface area contributed by atoms with Crippen molar-refractivity contribution in [3.8, 4) is 5.75 Å². The van der Waals surface area contributed by atoms with Crippen LogP contribution in [-0.2, 0) is 16.1 Å². The number of hydrogen-bond donors (Lipinski definition) is 2. The minimum atomic E-state index is -0.871. The number of carbonyl (C=O) groups is 1. The van der Waals surface area contributed by atoms with E-state index in [-0.39, 0.29) is 23.4 Å². The van der Waals surface area contributed by atoms with E-state index in [0.29, 0.717) is 30.3 Å². The van der Waals surface area contributed by atoms with Gasteiger partial charge in [-0.2, -0.15) is 0 Å². The molecular formula is C14H17Cl2NO4. The Bertz CT molecular complexity index is 538. The van der Waals surface area contributed by atoms with Gasteiger partial charge in [-0.05, 0) is 18.7 Å². The molecule has 1 aliphatic heterocycles. The molecule has 0 bridgehead atoms. The highest BCUT2D eigenvalue weighted by molar-refractivity contribution is 6.35. The molecule has 5 nitrogen and oxygen atoms in total. The molecule has 1 saturated heterocycles. The fraction of sp³-hybridized carbons (Fsp3) is 0.500. The summed E-state index contributed by atoms with van der Waals surface area (Å²) in [5.41, 5.74) is 0.574. The number of rotatable bonds is 5. The quantitative estimate of drug-likeness (QED) is 0.866. The average Bonchev–Trinajstić information content (AvgIpc) is 2.90. The van der Waals surface area contributed by atoms with Gasteiger partial charge in [-0.15, -0.1) is 0 Å². The summed E-state index contributed by atoms with van der Waals surface area (Å²) in [5, 5.41) is 19.9.